The van der Waals surface area contributed by atoms with Gasteiger partial charge in [0.2, 0.25) is 0 Å². The zero-order valence-corrected chi connectivity index (χ0v) is 11.5. The van der Waals surface area contributed by atoms with Gasteiger partial charge < -0.3 is 10.5 Å². The van der Waals surface area contributed by atoms with Crippen LogP contribution >= 0.6 is 11.8 Å². The lowest BCUT2D eigenvalue weighted by Gasteiger charge is -2.45. The van der Waals surface area contributed by atoms with Crippen LogP contribution in [0.4, 0.5) is 0 Å². The SMILES string of the molecule is NC1CCCC1C1CCOC2(CCSCC2)C1. The van der Waals surface area contributed by atoms with Crippen molar-refractivity contribution in [2.75, 3.05) is 18.1 Å². The summed E-state index contributed by atoms with van der Waals surface area (Å²) in [4.78, 5) is 0. The third-order valence-corrected chi connectivity index (χ3v) is 6.15. The van der Waals surface area contributed by atoms with E-state index in [0.717, 1.165) is 18.4 Å². The number of rotatable bonds is 1. The molecule has 2 N–H and O–H groups in total. The molecule has 3 unspecified atom stereocenters. The maximum atomic E-state index is 6.28. The van der Waals surface area contributed by atoms with E-state index in [1.54, 1.807) is 0 Å². The van der Waals surface area contributed by atoms with Crippen LogP contribution in [0.3, 0.4) is 0 Å². The van der Waals surface area contributed by atoms with Crippen molar-refractivity contribution in [3.8, 4) is 0 Å². The molecule has 2 aliphatic heterocycles. The summed E-state index contributed by atoms with van der Waals surface area (Å²) in [6, 6.07) is 0.480. The quantitative estimate of drug-likeness (QED) is 0.782. The first kappa shape index (κ1) is 12.3. The van der Waals surface area contributed by atoms with Crippen molar-refractivity contribution in [3.05, 3.63) is 0 Å². The van der Waals surface area contributed by atoms with Gasteiger partial charge in [0.25, 0.3) is 0 Å². The average molecular weight is 255 g/mol. The van der Waals surface area contributed by atoms with E-state index in [1.807, 2.05) is 0 Å². The van der Waals surface area contributed by atoms with Crippen LogP contribution in [-0.4, -0.2) is 29.8 Å². The van der Waals surface area contributed by atoms with Crippen LogP contribution in [0.25, 0.3) is 0 Å². The molecule has 2 saturated heterocycles. The third-order valence-electron chi connectivity index (χ3n) is 5.17. The highest BCUT2D eigenvalue weighted by atomic mass is 32.2. The van der Waals surface area contributed by atoms with Gasteiger partial charge in [-0.15, -0.1) is 0 Å². The van der Waals surface area contributed by atoms with E-state index in [4.69, 9.17) is 10.5 Å². The molecule has 0 aromatic heterocycles. The largest absolute Gasteiger partial charge is 0.375 e. The van der Waals surface area contributed by atoms with Gasteiger partial charge in [-0.25, -0.2) is 0 Å². The third kappa shape index (κ3) is 2.52. The Labute approximate surface area is 109 Å². The highest BCUT2D eigenvalue weighted by Crippen LogP contribution is 2.45. The van der Waals surface area contributed by atoms with Crippen LogP contribution in [0.2, 0.25) is 0 Å². The summed E-state index contributed by atoms with van der Waals surface area (Å²) in [5.74, 6) is 4.24. The topological polar surface area (TPSA) is 35.2 Å². The standard InChI is InChI=1S/C14H25NOS/c15-13-3-1-2-12(13)11-4-7-16-14(10-11)5-8-17-9-6-14/h11-13H,1-10,15H2. The number of nitrogens with two attached hydrogens (primary N) is 1. The highest BCUT2D eigenvalue weighted by Gasteiger charge is 2.42. The summed E-state index contributed by atoms with van der Waals surface area (Å²) in [5.41, 5.74) is 6.53. The van der Waals surface area contributed by atoms with Crippen LogP contribution in [-0.2, 0) is 4.74 Å². The molecule has 3 aliphatic rings. The molecule has 3 fully saturated rings. The Balaban J connectivity index is 1.66. The lowest BCUT2D eigenvalue weighted by molar-refractivity contribution is -0.111. The van der Waals surface area contributed by atoms with Crippen molar-refractivity contribution in [2.45, 2.75) is 56.6 Å². The molecule has 0 bridgehead atoms. The predicted octanol–water partition coefficient (Wildman–Crippen LogP) is 2.81. The second kappa shape index (κ2) is 5.10. The van der Waals surface area contributed by atoms with Crippen molar-refractivity contribution in [3.63, 3.8) is 0 Å². The smallest absolute Gasteiger partial charge is 0.0701 e. The van der Waals surface area contributed by atoms with E-state index in [1.165, 1.54) is 56.5 Å². The molecule has 1 spiro atoms. The molecule has 0 amide bonds. The van der Waals surface area contributed by atoms with Crippen molar-refractivity contribution in [2.24, 2.45) is 17.6 Å². The molecule has 0 aromatic rings. The maximum Gasteiger partial charge on any atom is 0.0701 e. The molecular weight excluding hydrogens is 230 g/mol. The molecule has 3 heteroatoms. The van der Waals surface area contributed by atoms with E-state index in [9.17, 15) is 0 Å². The normalized spacial score (nSPS) is 41.8. The molecule has 98 valence electrons. The summed E-state index contributed by atoms with van der Waals surface area (Å²) in [7, 11) is 0. The minimum atomic E-state index is 0.247. The first-order valence-corrected chi connectivity index (χ1v) is 8.42. The van der Waals surface area contributed by atoms with Crippen molar-refractivity contribution < 1.29 is 4.74 Å². The molecule has 2 nitrogen and oxygen atoms in total. The van der Waals surface area contributed by atoms with Crippen molar-refractivity contribution in [1.82, 2.24) is 0 Å². The lowest BCUT2D eigenvalue weighted by atomic mass is 9.74. The Morgan fingerprint density at radius 3 is 2.65 bits per heavy atom. The minimum Gasteiger partial charge on any atom is -0.375 e. The zero-order valence-electron chi connectivity index (χ0n) is 10.7. The first-order chi connectivity index (χ1) is 8.29. The minimum absolute atomic E-state index is 0.247. The maximum absolute atomic E-state index is 6.28. The molecule has 1 saturated carbocycles. The van der Waals surface area contributed by atoms with Gasteiger partial charge in [-0.1, -0.05) is 6.42 Å². The molecule has 17 heavy (non-hydrogen) atoms. The van der Waals surface area contributed by atoms with Gasteiger partial charge in [-0.2, -0.15) is 11.8 Å². The van der Waals surface area contributed by atoms with Gasteiger partial charge in [0.1, 0.15) is 0 Å². The zero-order chi connectivity index (χ0) is 11.7. The van der Waals surface area contributed by atoms with Gasteiger partial charge in [0, 0.05) is 12.6 Å². The van der Waals surface area contributed by atoms with Gasteiger partial charge in [-0.05, 0) is 61.9 Å². The monoisotopic (exact) mass is 255 g/mol. The van der Waals surface area contributed by atoms with Gasteiger partial charge in [0.15, 0.2) is 0 Å². The van der Waals surface area contributed by atoms with E-state index in [2.05, 4.69) is 11.8 Å². The molecule has 3 atom stereocenters. The Bertz CT molecular complexity index is 259. The van der Waals surface area contributed by atoms with Crippen LogP contribution in [0.5, 0.6) is 0 Å². The van der Waals surface area contributed by atoms with Gasteiger partial charge in [-0.3, -0.25) is 0 Å². The fourth-order valence-electron chi connectivity index (χ4n) is 4.13. The number of hydrogen-bond acceptors (Lipinski definition) is 3. The lowest BCUT2D eigenvalue weighted by Crippen LogP contribution is -2.46. The highest BCUT2D eigenvalue weighted by molar-refractivity contribution is 7.99. The van der Waals surface area contributed by atoms with Crippen LogP contribution in [0, 0.1) is 11.8 Å². The van der Waals surface area contributed by atoms with Crippen LogP contribution in [0.15, 0.2) is 0 Å². The van der Waals surface area contributed by atoms with Crippen LogP contribution < -0.4 is 5.73 Å². The Kier molecular flexibility index (Phi) is 3.69. The average Bonchev–Trinajstić information content (AvgIpc) is 2.77. The fourth-order valence-corrected chi connectivity index (χ4v) is 5.36. The Hall–Kier alpha value is 0.270. The summed E-state index contributed by atoms with van der Waals surface area (Å²) < 4.78 is 6.18. The fraction of sp³-hybridized carbons (Fsp3) is 1.00. The molecule has 1 aliphatic carbocycles. The summed E-state index contributed by atoms with van der Waals surface area (Å²) in [6.45, 7) is 0.985. The molecular formula is C14H25NOS. The van der Waals surface area contributed by atoms with Crippen molar-refractivity contribution in [1.29, 1.82) is 0 Å². The Morgan fingerprint density at radius 2 is 1.94 bits per heavy atom. The van der Waals surface area contributed by atoms with E-state index >= 15 is 0 Å². The van der Waals surface area contributed by atoms with Crippen molar-refractivity contribution >= 4 is 11.8 Å². The second-order valence-corrected chi connectivity index (χ2v) is 7.38. The molecule has 0 radical (unpaired) electrons. The second-order valence-electron chi connectivity index (χ2n) is 6.16. The van der Waals surface area contributed by atoms with E-state index in [-0.39, 0.29) is 5.60 Å². The van der Waals surface area contributed by atoms with Gasteiger partial charge in [0.05, 0.1) is 5.60 Å². The first-order valence-electron chi connectivity index (χ1n) is 7.26. The van der Waals surface area contributed by atoms with E-state index in [0.29, 0.717) is 6.04 Å². The van der Waals surface area contributed by atoms with E-state index < -0.39 is 0 Å². The summed E-state index contributed by atoms with van der Waals surface area (Å²) in [5, 5.41) is 0. The predicted molar refractivity (Wildman–Crippen MR) is 73.3 cm³/mol. The number of hydrogen-bond donors (Lipinski definition) is 1. The molecule has 3 rings (SSSR count). The summed E-state index contributed by atoms with van der Waals surface area (Å²) in [6.07, 6.45) is 9.08. The number of thioether (sulfide) groups is 1. The van der Waals surface area contributed by atoms with Gasteiger partial charge >= 0.3 is 0 Å². The molecule has 0 aromatic carbocycles. The summed E-state index contributed by atoms with van der Waals surface area (Å²) >= 11 is 2.09. The Morgan fingerprint density at radius 1 is 1.12 bits per heavy atom. The molecule has 2 heterocycles. The van der Waals surface area contributed by atoms with Crippen LogP contribution in [0.1, 0.15) is 44.9 Å². The number of ether oxygens (including phenoxy) is 1.